The van der Waals surface area contributed by atoms with Crippen LogP contribution in [0.5, 0.6) is 0 Å². The molecule has 1 fully saturated rings. The molecule has 3 aromatic carbocycles. The summed E-state index contributed by atoms with van der Waals surface area (Å²) in [6.45, 7) is 1.95. The van der Waals surface area contributed by atoms with Crippen LogP contribution in [0.2, 0.25) is 0 Å². The number of nitrogens with zero attached hydrogens (tertiary/aromatic N) is 2. The van der Waals surface area contributed by atoms with Gasteiger partial charge in [0.25, 0.3) is 0 Å². The molecule has 1 heterocycles. The SMILES string of the molecule is Cc1ccccc1COC(=O)Nc1c(-c2cc(F)c(-c3ccc(C4(C(=O)[O-])CC4)cc3)cc2F)cnn1C.[Na+]. The largest absolute Gasteiger partial charge is 1.00 e. The van der Waals surface area contributed by atoms with Crippen LogP contribution < -0.4 is 40.0 Å². The van der Waals surface area contributed by atoms with Gasteiger partial charge < -0.3 is 14.6 Å². The molecule has 1 amide bonds. The molecule has 5 rings (SSSR count). The van der Waals surface area contributed by atoms with E-state index in [1.807, 2.05) is 31.2 Å². The molecule has 10 heteroatoms. The van der Waals surface area contributed by atoms with Crippen LogP contribution >= 0.6 is 0 Å². The fourth-order valence-corrected chi connectivity index (χ4v) is 4.51. The van der Waals surface area contributed by atoms with Crippen molar-refractivity contribution in [2.24, 2.45) is 7.05 Å². The van der Waals surface area contributed by atoms with Crippen LogP contribution in [-0.4, -0.2) is 21.8 Å². The number of hydrogen-bond acceptors (Lipinski definition) is 5. The second-order valence-electron chi connectivity index (χ2n) is 9.42. The molecule has 1 aromatic heterocycles. The maximum absolute atomic E-state index is 15.3. The summed E-state index contributed by atoms with van der Waals surface area (Å²) in [6.07, 6.45) is 1.56. The molecule has 0 aliphatic heterocycles. The number of carboxylic acid groups (broad SMARTS) is 1. The van der Waals surface area contributed by atoms with E-state index in [2.05, 4.69) is 10.4 Å². The number of anilines is 1. The Balaban J connectivity index is 0.00000353. The summed E-state index contributed by atoms with van der Waals surface area (Å²) in [5.74, 6) is -2.39. The predicted molar refractivity (Wildman–Crippen MR) is 135 cm³/mol. The number of hydrogen-bond donors (Lipinski definition) is 1. The number of ether oxygens (including phenoxy) is 1. The number of aromatic nitrogens is 2. The fourth-order valence-electron chi connectivity index (χ4n) is 4.51. The van der Waals surface area contributed by atoms with Gasteiger partial charge in [-0.05, 0) is 54.2 Å². The zero-order valence-electron chi connectivity index (χ0n) is 21.8. The molecule has 7 nitrogen and oxygen atoms in total. The Morgan fingerprint density at radius 2 is 1.67 bits per heavy atom. The number of amides is 1. The van der Waals surface area contributed by atoms with Gasteiger partial charge in [-0.2, -0.15) is 5.10 Å². The number of aliphatic carboxylic acids is 1. The van der Waals surface area contributed by atoms with Gasteiger partial charge in [0.15, 0.2) is 0 Å². The molecule has 0 atom stereocenters. The molecule has 1 saturated carbocycles. The average molecular weight is 540 g/mol. The van der Waals surface area contributed by atoms with Crippen molar-refractivity contribution < 1.29 is 57.8 Å². The minimum atomic E-state index is -1.13. The first-order chi connectivity index (χ1) is 18.2. The van der Waals surface area contributed by atoms with Gasteiger partial charge in [0, 0.05) is 29.2 Å². The van der Waals surface area contributed by atoms with Crippen LogP contribution in [0.4, 0.5) is 19.4 Å². The van der Waals surface area contributed by atoms with Crippen molar-refractivity contribution in [2.45, 2.75) is 31.8 Å². The molecule has 1 aliphatic carbocycles. The van der Waals surface area contributed by atoms with Crippen LogP contribution in [0, 0.1) is 18.6 Å². The third-order valence-corrected chi connectivity index (χ3v) is 7.02. The van der Waals surface area contributed by atoms with Crippen molar-refractivity contribution in [3.8, 4) is 22.3 Å². The number of halogens is 2. The zero-order valence-corrected chi connectivity index (χ0v) is 23.8. The Bertz CT molecular complexity index is 1550. The van der Waals surface area contributed by atoms with E-state index in [0.29, 0.717) is 24.0 Å². The maximum Gasteiger partial charge on any atom is 1.00 e. The third kappa shape index (κ3) is 5.61. The first kappa shape index (κ1) is 28.5. The standard InChI is InChI=1S/C29H25F2N3O4.Na/c1-17-5-3-4-6-19(17)16-38-28(37)33-26-23(15-32-34(26)2)22-14-24(30)21(13-25(22)31)18-7-9-20(10-8-18)29(11-12-29)27(35)36;/h3-10,13-15H,11-12,16H2,1-2H3,(H,33,37)(H,35,36);/q;+1/p-1. The summed E-state index contributed by atoms with van der Waals surface area (Å²) < 4.78 is 37.2. The Morgan fingerprint density at radius 3 is 2.31 bits per heavy atom. The summed E-state index contributed by atoms with van der Waals surface area (Å²) in [4.78, 5) is 23.9. The zero-order chi connectivity index (χ0) is 27.0. The second kappa shape index (κ2) is 11.3. The number of nitrogens with one attached hydrogen (secondary N) is 1. The molecule has 0 bridgehead atoms. The van der Waals surface area contributed by atoms with Crippen LogP contribution in [-0.2, 0) is 28.6 Å². The van der Waals surface area contributed by atoms with Gasteiger partial charge in [0.1, 0.15) is 24.1 Å². The Morgan fingerprint density at radius 1 is 1.03 bits per heavy atom. The van der Waals surface area contributed by atoms with Crippen LogP contribution in [0.15, 0.2) is 66.9 Å². The van der Waals surface area contributed by atoms with E-state index in [0.717, 1.165) is 23.3 Å². The van der Waals surface area contributed by atoms with E-state index in [1.165, 1.54) is 10.9 Å². The van der Waals surface area contributed by atoms with Gasteiger partial charge in [-0.15, -0.1) is 0 Å². The molecule has 0 radical (unpaired) electrons. The first-order valence-electron chi connectivity index (χ1n) is 12.0. The number of rotatable bonds is 7. The summed E-state index contributed by atoms with van der Waals surface area (Å²) >= 11 is 0. The van der Waals surface area contributed by atoms with Crippen molar-refractivity contribution in [3.05, 3.63) is 95.2 Å². The summed E-state index contributed by atoms with van der Waals surface area (Å²) in [5.41, 5.74) is 1.93. The van der Waals surface area contributed by atoms with Gasteiger partial charge in [-0.3, -0.25) is 10.00 Å². The summed E-state index contributed by atoms with van der Waals surface area (Å²) in [5, 5.41) is 18.1. The van der Waals surface area contributed by atoms with Crippen LogP contribution in [0.3, 0.4) is 0 Å². The van der Waals surface area contributed by atoms with Crippen LogP contribution in [0.25, 0.3) is 22.3 Å². The van der Waals surface area contributed by atoms with Crippen molar-refractivity contribution in [3.63, 3.8) is 0 Å². The number of aryl methyl sites for hydroxylation is 2. The van der Waals surface area contributed by atoms with Gasteiger partial charge in [-0.25, -0.2) is 13.6 Å². The van der Waals surface area contributed by atoms with E-state index in [1.54, 1.807) is 31.3 Å². The normalized spacial score (nSPS) is 13.3. The van der Waals surface area contributed by atoms with Crippen molar-refractivity contribution >= 4 is 17.9 Å². The fraction of sp³-hybridized carbons (Fsp3) is 0.207. The van der Waals surface area contributed by atoms with Gasteiger partial charge in [0.2, 0.25) is 0 Å². The Kier molecular flexibility index (Phi) is 8.25. The maximum atomic E-state index is 15.3. The Hall–Kier alpha value is -3.53. The van der Waals surface area contributed by atoms with Gasteiger partial charge >= 0.3 is 35.7 Å². The minimum Gasteiger partial charge on any atom is -0.549 e. The third-order valence-electron chi connectivity index (χ3n) is 7.02. The quantitative estimate of drug-likeness (QED) is 0.362. The van der Waals surface area contributed by atoms with E-state index >= 15 is 8.78 Å². The number of carbonyl (C=O) groups excluding carboxylic acids is 2. The van der Waals surface area contributed by atoms with E-state index < -0.39 is 29.1 Å². The molecule has 194 valence electrons. The van der Waals surface area contributed by atoms with Crippen molar-refractivity contribution in [2.75, 3.05) is 5.32 Å². The molecule has 4 aromatic rings. The summed E-state index contributed by atoms with van der Waals surface area (Å²) in [7, 11) is 1.56. The topological polar surface area (TPSA) is 96.3 Å². The van der Waals surface area contributed by atoms with Gasteiger partial charge in [-0.1, -0.05) is 48.5 Å². The molecule has 0 unspecified atom stereocenters. The molecule has 1 N–H and O–H groups in total. The van der Waals surface area contributed by atoms with E-state index in [4.69, 9.17) is 4.74 Å². The number of carboxylic acids is 1. The first-order valence-corrected chi connectivity index (χ1v) is 12.0. The molecular weight excluding hydrogens is 515 g/mol. The smallest absolute Gasteiger partial charge is 0.549 e. The molecule has 0 spiro atoms. The Labute approximate surface area is 246 Å². The minimum absolute atomic E-state index is 0. The molecular formula is C29H24F2N3NaO4. The molecule has 1 aliphatic rings. The number of benzene rings is 3. The average Bonchev–Trinajstić information content (AvgIpc) is 3.65. The monoisotopic (exact) mass is 539 g/mol. The van der Waals surface area contributed by atoms with E-state index in [-0.39, 0.29) is 58.7 Å². The molecule has 39 heavy (non-hydrogen) atoms. The van der Waals surface area contributed by atoms with Crippen LogP contribution in [0.1, 0.15) is 29.5 Å². The predicted octanol–water partition coefficient (Wildman–Crippen LogP) is 1.87. The van der Waals surface area contributed by atoms with Gasteiger partial charge in [0.05, 0.1) is 12.2 Å². The van der Waals surface area contributed by atoms with E-state index in [9.17, 15) is 14.7 Å². The summed E-state index contributed by atoms with van der Waals surface area (Å²) in [6, 6.07) is 15.9. The second-order valence-corrected chi connectivity index (χ2v) is 9.42. The molecule has 0 saturated heterocycles. The van der Waals surface area contributed by atoms with Crippen molar-refractivity contribution in [1.29, 1.82) is 0 Å². The number of carbonyl (C=O) groups is 2. The van der Waals surface area contributed by atoms with Crippen molar-refractivity contribution in [1.82, 2.24) is 9.78 Å².